The van der Waals surface area contributed by atoms with Gasteiger partial charge in [-0.05, 0) is 51.4 Å². The van der Waals surface area contributed by atoms with Gasteiger partial charge in [0, 0.05) is 12.6 Å². The first-order chi connectivity index (χ1) is 9.65. The lowest BCUT2D eigenvalue weighted by Gasteiger charge is -2.47. The first-order valence-corrected chi connectivity index (χ1v) is 8.29. The zero-order valence-electron chi connectivity index (χ0n) is 12.5. The number of carboxylic acid groups (broad SMARTS) is 1. The fraction of sp³-hybridized carbons (Fsp3) is 0.938. The Kier molecular flexibility index (Phi) is 4.32. The van der Waals surface area contributed by atoms with Crippen molar-refractivity contribution < 1.29 is 14.6 Å². The number of carbonyl (C=O) groups is 1. The number of fused-ring (bicyclic) bond motifs is 1. The number of aliphatic carboxylic acids is 1. The molecule has 1 saturated carbocycles. The lowest BCUT2D eigenvalue weighted by atomic mass is 9.76. The summed E-state index contributed by atoms with van der Waals surface area (Å²) < 4.78 is 5.94. The van der Waals surface area contributed by atoms with Crippen LogP contribution in [-0.4, -0.2) is 46.8 Å². The van der Waals surface area contributed by atoms with Crippen LogP contribution in [0.2, 0.25) is 0 Å². The minimum absolute atomic E-state index is 0.243. The number of likely N-dealkylation sites (tertiary alicyclic amines) is 1. The minimum Gasteiger partial charge on any atom is -0.480 e. The maximum Gasteiger partial charge on any atom is 0.320 e. The van der Waals surface area contributed by atoms with Crippen LogP contribution in [0.5, 0.6) is 0 Å². The van der Waals surface area contributed by atoms with Gasteiger partial charge in [-0.2, -0.15) is 0 Å². The molecule has 3 aliphatic rings. The fourth-order valence-electron chi connectivity index (χ4n) is 4.51. The Hall–Kier alpha value is -0.610. The van der Waals surface area contributed by atoms with Crippen molar-refractivity contribution in [2.24, 2.45) is 5.92 Å². The van der Waals surface area contributed by atoms with Gasteiger partial charge in [0.05, 0.1) is 12.2 Å². The molecular formula is C16H27NO3. The SMILES string of the molecule is CC1CCC(CN2C(C(=O)O)CCC3CCCCC32)O1. The van der Waals surface area contributed by atoms with Gasteiger partial charge in [-0.25, -0.2) is 0 Å². The van der Waals surface area contributed by atoms with Gasteiger partial charge in [-0.3, -0.25) is 9.69 Å². The molecule has 3 rings (SSSR count). The molecule has 0 aromatic heterocycles. The average Bonchev–Trinajstić information content (AvgIpc) is 2.84. The van der Waals surface area contributed by atoms with E-state index < -0.39 is 5.97 Å². The van der Waals surface area contributed by atoms with Crippen molar-refractivity contribution >= 4 is 5.97 Å². The second kappa shape index (κ2) is 6.02. The first kappa shape index (κ1) is 14.3. The summed E-state index contributed by atoms with van der Waals surface area (Å²) in [5.74, 6) is 0.0817. The molecule has 20 heavy (non-hydrogen) atoms. The van der Waals surface area contributed by atoms with Gasteiger partial charge in [0.25, 0.3) is 0 Å². The Labute approximate surface area is 121 Å². The first-order valence-electron chi connectivity index (χ1n) is 8.29. The molecule has 114 valence electrons. The van der Waals surface area contributed by atoms with Gasteiger partial charge in [0.2, 0.25) is 0 Å². The van der Waals surface area contributed by atoms with E-state index in [0.717, 1.165) is 38.1 Å². The zero-order chi connectivity index (χ0) is 14.1. The molecule has 3 fully saturated rings. The molecule has 5 atom stereocenters. The van der Waals surface area contributed by atoms with Crippen molar-refractivity contribution in [1.82, 2.24) is 4.90 Å². The van der Waals surface area contributed by atoms with E-state index in [-0.39, 0.29) is 12.1 Å². The number of carboxylic acids is 1. The minimum atomic E-state index is -0.639. The van der Waals surface area contributed by atoms with Gasteiger partial charge >= 0.3 is 5.97 Å². The Morgan fingerprint density at radius 1 is 1.15 bits per heavy atom. The number of piperidine rings is 1. The van der Waals surface area contributed by atoms with Crippen molar-refractivity contribution in [1.29, 1.82) is 0 Å². The molecule has 4 nitrogen and oxygen atoms in total. The maximum atomic E-state index is 11.6. The van der Waals surface area contributed by atoms with Crippen molar-refractivity contribution in [3.63, 3.8) is 0 Å². The summed E-state index contributed by atoms with van der Waals surface area (Å²) in [6.45, 7) is 2.94. The molecule has 1 N–H and O–H groups in total. The monoisotopic (exact) mass is 281 g/mol. The number of ether oxygens (including phenoxy) is 1. The highest BCUT2D eigenvalue weighted by Gasteiger charge is 2.42. The lowest BCUT2D eigenvalue weighted by Crippen LogP contribution is -2.57. The van der Waals surface area contributed by atoms with E-state index in [9.17, 15) is 9.90 Å². The maximum absolute atomic E-state index is 11.6. The highest BCUT2D eigenvalue weighted by molar-refractivity contribution is 5.73. The van der Waals surface area contributed by atoms with Crippen LogP contribution in [-0.2, 0) is 9.53 Å². The number of hydrogen-bond acceptors (Lipinski definition) is 3. The predicted octanol–water partition coefficient (Wildman–Crippen LogP) is 2.66. The van der Waals surface area contributed by atoms with Crippen molar-refractivity contribution in [2.75, 3.05) is 6.54 Å². The molecule has 1 aliphatic carbocycles. The molecule has 0 amide bonds. The Bertz CT molecular complexity index is 360. The molecule has 0 aromatic carbocycles. The van der Waals surface area contributed by atoms with Crippen molar-refractivity contribution in [2.45, 2.75) is 82.6 Å². The van der Waals surface area contributed by atoms with E-state index in [1.165, 1.54) is 25.7 Å². The zero-order valence-corrected chi connectivity index (χ0v) is 12.5. The van der Waals surface area contributed by atoms with Crippen LogP contribution in [0.1, 0.15) is 58.3 Å². The molecule has 2 saturated heterocycles. The number of rotatable bonds is 3. The van der Waals surface area contributed by atoms with Crippen LogP contribution in [0.15, 0.2) is 0 Å². The Morgan fingerprint density at radius 3 is 2.65 bits per heavy atom. The number of hydrogen-bond donors (Lipinski definition) is 1. The van der Waals surface area contributed by atoms with Gasteiger partial charge < -0.3 is 9.84 Å². The van der Waals surface area contributed by atoms with Crippen molar-refractivity contribution in [3.05, 3.63) is 0 Å². The number of nitrogens with zero attached hydrogens (tertiary/aromatic N) is 1. The van der Waals surface area contributed by atoms with Gasteiger partial charge in [0.1, 0.15) is 6.04 Å². The molecule has 0 spiro atoms. The Morgan fingerprint density at radius 2 is 1.95 bits per heavy atom. The van der Waals surface area contributed by atoms with Crippen LogP contribution < -0.4 is 0 Å². The summed E-state index contributed by atoms with van der Waals surface area (Å²) in [6, 6.07) is 0.201. The highest BCUT2D eigenvalue weighted by atomic mass is 16.5. The van der Waals surface area contributed by atoms with E-state index in [2.05, 4.69) is 11.8 Å². The quantitative estimate of drug-likeness (QED) is 0.864. The predicted molar refractivity (Wildman–Crippen MR) is 76.7 cm³/mol. The average molecular weight is 281 g/mol. The largest absolute Gasteiger partial charge is 0.480 e. The smallest absolute Gasteiger partial charge is 0.320 e. The summed E-state index contributed by atoms with van der Waals surface area (Å²) >= 11 is 0. The summed E-state index contributed by atoms with van der Waals surface area (Å²) in [5.41, 5.74) is 0. The second-order valence-corrected chi connectivity index (χ2v) is 6.89. The second-order valence-electron chi connectivity index (χ2n) is 6.89. The normalized spacial score (nSPS) is 42.4. The van der Waals surface area contributed by atoms with Gasteiger partial charge in [-0.1, -0.05) is 12.8 Å². The summed E-state index contributed by atoms with van der Waals surface area (Å²) in [5, 5.41) is 9.54. The molecule has 0 bridgehead atoms. The van der Waals surface area contributed by atoms with Crippen LogP contribution in [0.4, 0.5) is 0 Å². The molecule has 4 heteroatoms. The van der Waals surface area contributed by atoms with E-state index in [4.69, 9.17) is 4.74 Å². The van der Waals surface area contributed by atoms with Crippen LogP contribution in [0.25, 0.3) is 0 Å². The van der Waals surface area contributed by atoms with Crippen molar-refractivity contribution in [3.8, 4) is 0 Å². The summed E-state index contributed by atoms with van der Waals surface area (Å²) in [4.78, 5) is 13.9. The Balaban J connectivity index is 1.71. The fourth-order valence-corrected chi connectivity index (χ4v) is 4.51. The van der Waals surface area contributed by atoms with Gasteiger partial charge in [0.15, 0.2) is 0 Å². The molecule has 5 unspecified atom stereocenters. The molecular weight excluding hydrogens is 254 g/mol. The van der Waals surface area contributed by atoms with E-state index in [0.29, 0.717) is 12.1 Å². The topological polar surface area (TPSA) is 49.8 Å². The third kappa shape index (κ3) is 2.86. The van der Waals surface area contributed by atoms with Gasteiger partial charge in [-0.15, -0.1) is 0 Å². The lowest BCUT2D eigenvalue weighted by molar-refractivity contribution is -0.149. The highest BCUT2D eigenvalue weighted by Crippen LogP contribution is 2.38. The molecule has 2 aliphatic heterocycles. The van der Waals surface area contributed by atoms with Crippen LogP contribution in [0, 0.1) is 5.92 Å². The third-order valence-corrected chi connectivity index (χ3v) is 5.53. The van der Waals surface area contributed by atoms with Crippen LogP contribution in [0.3, 0.4) is 0 Å². The van der Waals surface area contributed by atoms with E-state index in [1.54, 1.807) is 0 Å². The van der Waals surface area contributed by atoms with E-state index in [1.807, 2.05) is 0 Å². The standard InChI is InChI=1S/C16H27NO3/c1-11-6-8-13(20-11)10-17-14-5-3-2-4-12(14)7-9-15(17)16(18)19/h11-15H,2-10H2,1H3,(H,18,19). The summed E-state index contributed by atoms with van der Waals surface area (Å²) in [6.07, 6.45) is 9.74. The van der Waals surface area contributed by atoms with Crippen LogP contribution >= 0.6 is 0 Å². The third-order valence-electron chi connectivity index (χ3n) is 5.53. The summed E-state index contributed by atoms with van der Waals surface area (Å²) in [7, 11) is 0. The molecule has 0 radical (unpaired) electrons. The van der Waals surface area contributed by atoms with E-state index >= 15 is 0 Å². The molecule has 0 aromatic rings. The molecule has 2 heterocycles.